The predicted molar refractivity (Wildman–Crippen MR) is 92.0 cm³/mol. The van der Waals surface area contributed by atoms with Crippen LogP contribution in [0.25, 0.3) is 0 Å². The quantitative estimate of drug-likeness (QED) is 0.855. The normalized spacial score (nSPS) is 25.4. The number of likely N-dealkylation sites (tertiary alicyclic amines) is 1. The highest BCUT2D eigenvalue weighted by Crippen LogP contribution is 2.50. The highest BCUT2D eigenvalue weighted by Gasteiger charge is 2.54. The summed E-state index contributed by atoms with van der Waals surface area (Å²) in [5.41, 5.74) is 1.98. The van der Waals surface area contributed by atoms with Gasteiger partial charge in [0.1, 0.15) is 0 Å². The van der Waals surface area contributed by atoms with E-state index in [0.29, 0.717) is 24.8 Å². The third kappa shape index (κ3) is 2.73. The fourth-order valence-electron chi connectivity index (χ4n) is 4.40. The molecular weight excluding hydrogens is 316 g/mol. The van der Waals surface area contributed by atoms with E-state index in [4.69, 9.17) is 4.42 Å². The monoisotopic (exact) mass is 340 g/mol. The summed E-state index contributed by atoms with van der Waals surface area (Å²) in [6, 6.07) is 1.94. The van der Waals surface area contributed by atoms with Gasteiger partial charge in [0.2, 0.25) is 17.7 Å². The first-order chi connectivity index (χ1) is 12.1. The van der Waals surface area contributed by atoms with Crippen molar-refractivity contribution in [2.45, 2.75) is 51.4 Å². The van der Waals surface area contributed by atoms with E-state index < -0.39 is 0 Å². The van der Waals surface area contributed by atoms with E-state index in [-0.39, 0.29) is 11.3 Å². The average Bonchev–Trinajstić information content (AvgIpc) is 3.30. The minimum Gasteiger partial charge on any atom is -0.425 e. The molecule has 6 nitrogen and oxygen atoms in total. The van der Waals surface area contributed by atoms with Gasteiger partial charge in [-0.25, -0.2) is 0 Å². The van der Waals surface area contributed by atoms with E-state index in [1.807, 2.05) is 31.0 Å². The number of carbonyl (C=O) groups excluding carboxylic acids is 1. The van der Waals surface area contributed by atoms with Gasteiger partial charge < -0.3 is 9.32 Å². The fourth-order valence-corrected chi connectivity index (χ4v) is 4.40. The second kappa shape index (κ2) is 6.24. The van der Waals surface area contributed by atoms with Crippen molar-refractivity contribution in [2.75, 3.05) is 13.1 Å². The molecule has 2 aromatic heterocycles. The number of rotatable bonds is 4. The molecule has 1 saturated carbocycles. The molecule has 132 valence electrons. The maximum Gasteiger partial charge on any atom is 0.227 e. The first-order valence-electron chi connectivity index (χ1n) is 9.12. The molecule has 0 aromatic carbocycles. The van der Waals surface area contributed by atoms with Gasteiger partial charge in [-0.2, -0.15) is 0 Å². The standard InChI is InChI=1S/C19H24N4O2/c1-3-16-21-22-18(25-16)19-7-4-5-15(19)11-23(12-19)17(24)9-14-6-8-20-10-13(14)2/h6,8,10,15H,3-5,7,9,11-12H2,1-2H3/t15-,19-/m0/s1. The van der Waals surface area contributed by atoms with Crippen LogP contribution in [0.2, 0.25) is 0 Å². The Labute approximate surface area is 147 Å². The van der Waals surface area contributed by atoms with Gasteiger partial charge in [-0.1, -0.05) is 13.3 Å². The SMILES string of the molecule is CCc1nnc([C@]23CCC[C@H]2CN(C(=O)Cc2ccncc2C)C3)o1. The van der Waals surface area contributed by atoms with Crippen LogP contribution in [-0.2, 0) is 23.1 Å². The number of hydrogen-bond donors (Lipinski definition) is 0. The molecule has 4 rings (SSSR count). The Hall–Kier alpha value is -2.24. The molecule has 1 amide bonds. The van der Waals surface area contributed by atoms with Crippen LogP contribution in [0.15, 0.2) is 22.9 Å². The molecule has 1 saturated heterocycles. The van der Waals surface area contributed by atoms with Gasteiger partial charge in [0, 0.05) is 31.9 Å². The van der Waals surface area contributed by atoms with Crippen LogP contribution in [0.1, 0.15) is 49.1 Å². The van der Waals surface area contributed by atoms with Gasteiger partial charge in [-0.15, -0.1) is 10.2 Å². The average molecular weight is 340 g/mol. The topological polar surface area (TPSA) is 72.1 Å². The van der Waals surface area contributed by atoms with Gasteiger partial charge in [-0.05, 0) is 42.9 Å². The molecule has 6 heteroatoms. The van der Waals surface area contributed by atoms with Crippen molar-refractivity contribution in [3.8, 4) is 0 Å². The number of nitrogens with zero attached hydrogens (tertiary/aromatic N) is 4. The minimum atomic E-state index is -0.136. The van der Waals surface area contributed by atoms with Crippen molar-refractivity contribution < 1.29 is 9.21 Å². The smallest absolute Gasteiger partial charge is 0.227 e. The Morgan fingerprint density at radius 2 is 2.32 bits per heavy atom. The second-order valence-corrected chi connectivity index (χ2v) is 7.35. The number of aromatic nitrogens is 3. The first kappa shape index (κ1) is 16.2. The Bertz CT molecular complexity index is 787. The summed E-state index contributed by atoms with van der Waals surface area (Å²) < 4.78 is 5.92. The second-order valence-electron chi connectivity index (χ2n) is 7.35. The maximum absolute atomic E-state index is 12.9. The number of carbonyl (C=O) groups is 1. The number of aryl methyl sites for hydroxylation is 2. The third-order valence-corrected chi connectivity index (χ3v) is 5.90. The van der Waals surface area contributed by atoms with Gasteiger partial charge in [0.15, 0.2) is 0 Å². The van der Waals surface area contributed by atoms with Crippen LogP contribution >= 0.6 is 0 Å². The molecule has 2 aliphatic rings. The lowest BCUT2D eigenvalue weighted by molar-refractivity contribution is -0.129. The highest BCUT2D eigenvalue weighted by molar-refractivity contribution is 5.79. The number of hydrogen-bond acceptors (Lipinski definition) is 5. The van der Waals surface area contributed by atoms with Gasteiger partial charge in [0.05, 0.1) is 11.8 Å². The third-order valence-electron chi connectivity index (χ3n) is 5.90. The van der Waals surface area contributed by atoms with Crippen molar-refractivity contribution in [3.05, 3.63) is 41.4 Å². The molecule has 1 aliphatic heterocycles. The predicted octanol–water partition coefficient (Wildman–Crippen LogP) is 2.46. The number of fused-ring (bicyclic) bond motifs is 1. The van der Waals surface area contributed by atoms with Gasteiger partial charge in [0.25, 0.3) is 0 Å². The summed E-state index contributed by atoms with van der Waals surface area (Å²) in [6.45, 7) is 5.52. The van der Waals surface area contributed by atoms with Crippen LogP contribution in [-0.4, -0.2) is 39.1 Å². The maximum atomic E-state index is 12.9. The molecule has 2 aromatic rings. The summed E-state index contributed by atoms with van der Waals surface area (Å²) in [4.78, 5) is 19.0. The summed E-state index contributed by atoms with van der Waals surface area (Å²) in [5, 5.41) is 8.49. The zero-order chi connectivity index (χ0) is 17.4. The molecule has 2 atom stereocenters. The van der Waals surface area contributed by atoms with Crippen LogP contribution in [0.4, 0.5) is 0 Å². The van der Waals surface area contributed by atoms with Crippen LogP contribution < -0.4 is 0 Å². The van der Waals surface area contributed by atoms with Crippen molar-refractivity contribution in [3.63, 3.8) is 0 Å². The van der Waals surface area contributed by atoms with Crippen LogP contribution in [0, 0.1) is 12.8 Å². The molecule has 1 aliphatic carbocycles. The molecule has 25 heavy (non-hydrogen) atoms. The summed E-state index contributed by atoms with van der Waals surface area (Å²) in [6.07, 6.45) is 8.07. The van der Waals surface area contributed by atoms with Gasteiger partial charge >= 0.3 is 0 Å². The summed E-state index contributed by atoms with van der Waals surface area (Å²) in [7, 11) is 0. The summed E-state index contributed by atoms with van der Waals surface area (Å²) >= 11 is 0. The zero-order valence-corrected chi connectivity index (χ0v) is 14.9. The summed E-state index contributed by atoms with van der Waals surface area (Å²) in [5.74, 6) is 2.04. The van der Waals surface area contributed by atoms with Crippen LogP contribution in [0.5, 0.6) is 0 Å². The molecule has 0 spiro atoms. The van der Waals surface area contributed by atoms with Gasteiger partial charge in [-0.3, -0.25) is 9.78 Å². The lowest BCUT2D eigenvalue weighted by Crippen LogP contribution is -2.35. The molecule has 2 fully saturated rings. The molecule has 0 N–H and O–H groups in total. The van der Waals surface area contributed by atoms with Crippen molar-refractivity contribution >= 4 is 5.91 Å². The Balaban J connectivity index is 1.54. The Morgan fingerprint density at radius 1 is 1.44 bits per heavy atom. The van der Waals surface area contributed by atoms with E-state index >= 15 is 0 Å². The first-order valence-corrected chi connectivity index (χ1v) is 9.12. The zero-order valence-electron chi connectivity index (χ0n) is 14.9. The minimum absolute atomic E-state index is 0.136. The fraction of sp³-hybridized carbons (Fsp3) is 0.579. The Morgan fingerprint density at radius 3 is 3.08 bits per heavy atom. The number of pyridine rings is 1. The lowest BCUT2D eigenvalue weighted by atomic mass is 9.80. The van der Waals surface area contributed by atoms with Crippen molar-refractivity contribution in [2.24, 2.45) is 5.92 Å². The van der Waals surface area contributed by atoms with E-state index in [1.54, 1.807) is 6.20 Å². The Kier molecular flexibility index (Phi) is 4.06. The highest BCUT2D eigenvalue weighted by atomic mass is 16.4. The molecule has 0 unspecified atom stereocenters. The molecule has 0 radical (unpaired) electrons. The van der Waals surface area contributed by atoms with Crippen molar-refractivity contribution in [1.29, 1.82) is 0 Å². The number of amides is 1. The van der Waals surface area contributed by atoms with E-state index in [9.17, 15) is 4.79 Å². The largest absolute Gasteiger partial charge is 0.425 e. The van der Waals surface area contributed by atoms with E-state index in [0.717, 1.165) is 42.8 Å². The molecular formula is C19H24N4O2. The van der Waals surface area contributed by atoms with Crippen molar-refractivity contribution in [1.82, 2.24) is 20.1 Å². The lowest BCUT2D eigenvalue weighted by Gasteiger charge is -2.24. The molecule has 3 heterocycles. The van der Waals surface area contributed by atoms with Crippen LogP contribution in [0.3, 0.4) is 0 Å². The van der Waals surface area contributed by atoms with E-state index in [1.165, 1.54) is 6.42 Å². The molecule has 0 bridgehead atoms. The van der Waals surface area contributed by atoms with E-state index in [2.05, 4.69) is 15.2 Å².